The Hall–Kier alpha value is -2.81. The third-order valence-electron chi connectivity index (χ3n) is 4.25. The second-order valence-corrected chi connectivity index (χ2v) is 8.58. The van der Waals surface area contributed by atoms with E-state index in [1.807, 2.05) is 36.2 Å². The summed E-state index contributed by atoms with van der Waals surface area (Å²) in [7, 11) is -1.18. The van der Waals surface area contributed by atoms with E-state index in [1.165, 1.54) is 0 Å². The van der Waals surface area contributed by atoms with Crippen molar-refractivity contribution in [3.8, 4) is 0 Å². The summed E-state index contributed by atoms with van der Waals surface area (Å²) in [5.74, 6) is 0.811. The molecular weight excluding hydrogens is 393 g/mol. The number of benzene rings is 1. The van der Waals surface area contributed by atoms with E-state index in [1.54, 1.807) is 20.0 Å². The minimum absolute atomic E-state index is 0.0557. The second kappa shape index (κ2) is 8.69. The number of hydrogen-bond acceptors (Lipinski definition) is 10. The number of aromatic nitrogens is 4. The van der Waals surface area contributed by atoms with Gasteiger partial charge in [-0.25, -0.2) is 9.97 Å². The van der Waals surface area contributed by atoms with Crippen molar-refractivity contribution in [1.29, 1.82) is 0 Å². The highest BCUT2D eigenvalue weighted by molar-refractivity contribution is 7.53. The molecule has 29 heavy (non-hydrogen) atoms. The van der Waals surface area contributed by atoms with Crippen LogP contribution in [-0.2, 0) is 20.2 Å². The van der Waals surface area contributed by atoms with Crippen molar-refractivity contribution in [2.75, 3.05) is 36.2 Å². The van der Waals surface area contributed by atoms with Gasteiger partial charge in [-0.1, -0.05) is 19.1 Å². The Morgan fingerprint density at radius 2 is 1.79 bits per heavy atom. The maximum Gasteiger partial charge on any atom is 0.330 e. The molecule has 1 aromatic carbocycles. The lowest BCUT2D eigenvalue weighted by Crippen LogP contribution is -2.13. The highest BCUT2D eigenvalue weighted by atomic mass is 31.2. The number of anilines is 4. The van der Waals surface area contributed by atoms with Crippen LogP contribution >= 0.6 is 7.60 Å². The maximum atomic E-state index is 12.4. The van der Waals surface area contributed by atoms with Gasteiger partial charge in [0.2, 0.25) is 5.95 Å². The van der Waals surface area contributed by atoms with Gasteiger partial charge in [-0.2, -0.15) is 9.97 Å². The fraction of sp³-hybridized carbons (Fsp3) is 0.333. The van der Waals surface area contributed by atoms with Crippen LogP contribution in [0.1, 0.15) is 19.4 Å². The first-order valence-corrected chi connectivity index (χ1v) is 10.8. The molecule has 4 N–H and O–H groups in total. The van der Waals surface area contributed by atoms with Crippen LogP contribution in [0.5, 0.6) is 0 Å². The summed E-state index contributed by atoms with van der Waals surface area (Å²) >= 11 is 0. The zero-order valence-electron chi connectivity index (χ0n) is 16.6. The zero-order valence-corrected chi connectivity index (χ0v) is 17.5. The first-order valence-electron chi connectivity index (χ1n) is 9.11. The lowest BCUT2D eigenvalue weighted by Gasteiger charge is -2.19. The minimum atomic E-state index is -3.04. The summed E-state index contributed by atoms with van der Waals surface area (Å²) in [6.45, 7) is 4.13. The molecule has 11 heteroatoms. The number of hydrogen-bond donors (Lipinski definition) is 2. The Kier molecular flexibility index (Phi) is 6.26. The van der Waals surface area contributed by atoms with Gasteiger partial charge < -0.3 is 25.4 Å². The smallest absolute Gasteiger partial charge is 0.330 e. The molecule has 0 radical (unpaired) electrons. The summed E-state index contributed by atoms with van der Waals surface area (Å²) in [4.78, 5) is 18.6. The average molecular weight is 417 g/mol. The van der Waals surface area contributed by atoms with E-state index in [0.717, 1.165) is 11.3 Å². The van der Waals surface area contributed by atoms with Crippen molar-refractivity contribution in [2.24, 2.45) is 0 Å². The average Bonchev–Trinajstić information content (AvgIpc) is 2.72. The van der Waals surface area contributed by atoms with Crippen LogP contribution in [0.3, 0.4) is 0 Å². The van der Waals surface area contributed by atoms with Gasteiger partial charge in [-0.05, 0) is 24.6 Å². The van der Waals surface area contributed by atoms with Crippen molar-refractivity contribution < 1.29 is 13.6 Å². The quantitative estimate of drug-likeness (QED) is 0.525. The van der Waals surface area contributed by atoms with E-state index in [4.69, 9.17) is 20.5 Å². The molecule has 0 bridgehead atoms. The molecule has 1 atom stereocenters. The molecule has 3 rings (SSSR count). The molecule has 0 aliphatic rings. The maximum absolute atomic E-state index is 12.4. The molecule has 2 heterocycles. The van der Waals surface area contributed by atoms with Crippen LogP contribution in [0, 0.1) is 0 Å². The molecule has 0 aliphatic heterocycles. The molecule has 1 unspecified atom stereocenters. The van der Waals surface area contributed by atoms with Gasteiger partial charge in [0.1, 0.15) is 0 Å². The molecule has 0 fully saturated rings. The lowest BCUT2D eigenvalue weighted by molar-refractivity contribution is 0.206. The topological polar surface area (TPSA) is 142 Å². The Morgan fingerprint density at radius 1 is 1.07 bits per heavy atom. The van der Waals surface area contributed by atoms with Gasteiger partial charge in [0, 0.05) is 18.9 Å². The van der Waals surface area contributed by atoms with Crippen LogP contribution in [0.2, 0.25) is 0 Å². The fourth-order valence-corrected chi connectivity index (χ4v) is 3.81. The minimum Gasteiger partial charge on any atom is -0.382 e. The van der Waals surface area contributed by atoms with E-state index < -0.39 is 7.60 Å². The van der Waals surface area contributed by atoms with E-state index >= 15 is 0 Å². The van der Waals surface area contributed by atoms with Crippen LogP contribution in [0.15, 0.2) is 30.5 Å². The van der Waals surface area contributed by atoms with E-state index in [9.17, 15) is 4.57 Å². The summed E-state index contributed by atoms with van der Waals surface area (Å²) in [5.41, 5.74) is 14.0. The molecule has 0 saturated heterocycles. The molecule has 0 aliphatic carbocycles. The largest absolute Gasteiger partial charge is 0.382 e. The Bertz CT molecular complexity index is 1050. The van der Waals surface area contributed by atoms with Crippen molar-refractivity contribution in [3.63, 3.8) is 0 Å². The summed E-state index contributed by atoms with van der Waals surface area (Å²) in [5, 5.41) is 0. The standard InChI is InChI=1S/C18H24N7O3P/c1-4-27-29(26,5-2)28-11-12-6-8-13(9-7-12)25(3)14-10-21-17-15(22-14)16(19)23-18(20)24-17/h6-10H,4-5,11H2,1-3H3,(H4,19,20,21,23,24). The van der Waals surface area contributed by atoms with E-state index in [-0.39, 0.29) is 18.4 Å². The Morgan fingerprint density at radius 3 is 2.45 bits per heavy atom. The fourth-order valence-electron chi connectivity index (χ4n) is 2.64. The van der Waals surface area contributed by atoms with Gasteiger partial charge in [0.05, 0.1) is 19.4 Å². The predicted octanol–water partition coefficient (Wildman–Crippen LogP) is 3.12. The van der Waals surface area contributed by atoms with Crippen LogP contribution in [0.4, 0.5) is 23.3 Å². The number of nitrogens with two attached hydrogens (primary N) is 2. The third-order valence-corrected chi connectivity index (χ3v) is 6.20. The summed E-state index contributed by atoms with van der Waals surface area (Å²) in [6.07, 6.45) is 1.92. The number of fused-ring (bicyclic) bond motifs is 1. The van der Waals surface area contributed by atoms with Crippen molar-refractivity contribution in [1.82, 2.24) is 19.9 Å². The van der Waals surface area contributed by atoms with Gasteiger partial charge in [0.25, 0.3) is 0 Å². The zero-order chi connectivity index (χ0) is 21.0. The molecule has 2 aromatic heterocycles. The molecule has 10 nitrogen and oxygen atoms in total. The second-order valence-electron chi connectivity index (χ2n) is 6.21. The van der Waals surface area contributed by atoms with Crippen molar-refractivity contribution in [2.45, 2.75) is 20.5 Å². The third kappa shape index (κ3) is 4.79. The van der Waals surface area contributed by atoms with Crippen molar-refractivity contribution in [3.05, 3.63) is 36.0 Å². The highest BCUT2D eigenvalue weighted by Gasteiger charge is 2.21. The lowest BCUT2D eigenvalue weighted by atomic mass is 10.2. The first-order chi connectivity index (χ1) is 13.8. The van der Waals surface area contributed by atoms with E-state index in [0.29, 0.717) is 29.8 Å². The Labute approximate surface area is 168 Å². The molecule has 154 valence electrons. The van der Waals surface area contributed by atoms with Crippen LogP contribution < -0.4 is 16.4 Å². The molecule has 0 amide bonds. The van der Waals surface area contributed by atoms with Gasteiger partial charge >= 0.3 is 7.60 Å². The van der Waals surface area contributed by atoms with Crippen LogP contribution in [-0.4, -0.2) is 39.8 Å². The Balaban J connectivity index is 1.76. The van der Waals surface area contributed by atoms with Gasteiger partial charge in [0.15, 0.2) is 22.8 Å². The van der Waals surface area contributed by atoms with Gasteiger partial charge in [-0.3, -0.25) is 4.57 Å². The number of nitrogens with zero attached hydrogens (tertiary/aromatic N) is 5. The molecule has 3 aromatic rings. The van der Waals surface area contributed by atoms with Crippen LogP contribution in [0.25, 0.3) is 11.2 Å². The van der Waals surface area contributed by atoms with Gasteiger partial charge in [-0.15, -0.1) is 0 Å². The normalized spacial score (nSPS) is 13.3. The molecule has 0 saturated carbocycles. The number of rotatable bonds is 8. The molecule has 0 spiro atoms. The predicted molar refractivity (Wildman–Crippen MR) is 113 cm³/mol. The summed E-state index contributed by atoms with van der Waals surface area (Å²) in [6, 6.07) is 7.60. The monoisotopic (exact) mass is 417 g/mol. The highest BCUT2D eigenvalue weighted by Crippen LogP contribution is 2.48. The van der Waals surface area contributed by atoms with Crippen molar-refractivity contribution >= 4 is 42.0 Å². The SMILES string of the molecule is CCOP(=O)(CC)OCc1ccc(N(C)c2cnc3nc(N)nc(N)c3n2)cc1. The number of nitrogen functional groups attached to an aromatic ring is 2. The first kappa shape index (κ1) is 20.9. The molecular formula is C18H24N7O3P. The van der Waals surface area contributed by atoms with E-state index in [2.05, 4.69) is 19.9 Å². The summed E-state index contributed by atoms with van der Waals surface area (Å²) < 4.78 is 23.1.